The number of hydrogen-bond donors (Lipinski definition) is 3. The highest BCUT2D eigenvalue weighted by molar-refractivity contribution is 5.21. The van der Waals surface area contributed by atoms with Gasteiger partial charge in [0.2, 0.25) is 0 Å². The van der Waals surface area contributed by atoms with Gasteiger partial charge in [-0.3, -0.25) is 0 Å². The lowest BCUT2D eigenvalue weighted by atomic mass is 9.86. The largest absolute Gasteiger partial charge is 0.394 e. The fraction of sp³-hybridized carbons (Fsp3) is 0.769. The molecule has 0 aliphatic carbocycles. The van der Waals surface area contributed by atoms with Crippen molar-refractivity contribution in [3.8, 4) is 0 Å². The van der Waals surface area contributed by atoms with E-state index < -0.39 is 18.8 Å². The normalized spacial score (nSPS) is 14.6. The van der Waals surface area contributed by atoms with Crippen LogP contribution in [0.2, 0.25) is 0 Å². The van der Waals surface area contributed by atoms with Crippen LogP contribution in [0.3, 0.4) is 0 Å². The highest BCUT2D eigenvalue weighted by Crippen LogP contribution is 2.28. The van der Waals surface area contributed by atoms with Crippen LogP contribution in [0.4, 0.5) is 0 Å². The third-order valence-electron chi connectivity index (χ3n) is 6.09. The van der Waals surface area contributed by atoms with Crippen molar-refractivity contribution in [2.24, 2.45) is 0 Å². The molecule has 168 valence electrons. The average Bonchev–Trinajstić information content (AvgIpc) is 2.76. The van der Waals surface area contributed by atoms with Crippen LogP contribution < -0.4 is 0 Å². The molecule has 0 heterocycles. The molecule has 1 rings (SSSR count). The van der Waals surface area contributed by atoms with Crippen LogP contribution in [0.15, 0.2) is 30.3 Å². The Morgan fingerprint density at radius 3 is 1.55 bits per heavy atom. The smallest absolute Gasteiger partial charge is 0.103 e. The van der Waals surface area contributed by atoms with E-state index in [-0.39, 0.29) is 5.92 Å². The van der Waals surface area contributed by atoms with Crippen molar-refractivity contribution in [3.05, 3.63) is 35.9 Å². The van der Waals surface area contributed by atoms with Gasteiger partial charge in [-0.05, 0) is 12.0 Å². The minimum absolute atomic E-state index is 0.115. The zero-order valence-corrected chi connectivity index (χ0v) is 18.8. The summed E-state index contributed by atoms with van der Waals surface area (Å²) in [5, 5.41) is 29.5. The topological polar surface area (TPSA) is 60.7 Å². The van der Waals surface area contributed by atoms with Gasteiger partial charge in [-0.2, -0.15) is 0 Å². The second kappa shape index (κ2) is 17.9. The van der Waals surface area contributed by atoms with Gasteiger partial charge in [0.15, 0.2) is 0 Å². The predicted molar refractivity (Wildman–Crippen MR) is 123 cm³/mol. The van der Waals surface area contributed by atoms with Crippen molar-refractivity contribution in [2.75, 3.05) is 6.61 Å². The number of benzene rings is 1. The Kier molecular flexibility index (Phi) is 16.1. The molecule has 0 spiro atoms. The third-order valence-corrected chi connectivity index (χ3v) is 6.09. The van der Waals surface area contributed by atoms with Gasteiger partial charge in [-0.15, -0.1) is 0 Å². The second-order valence-electron chi connectivity index (χ2n) is 8.64. The minimum Gasteiger partial charge on any atom is -0.394 e. The van der Waals surface area contributed by atoms with Gasteiger partial charge in [-0.1, -0.05) is 127 Å². The fourth-order valence-corrected chi connectivity index (χ4v) is 4.17. The molecule has 0 fully saturated rings. The van der Waals surface area contributed by atoms with Crippen LogP contribution in [-0.4, -0.2) is 34.1 Å². The molecule has 0 radical (unpaired) electrons. The molecular weight excluding hydrogens is 360 g/mol. The molecule has 1 aromatic carbocycles. The van der Waals surface area contributed by atoms with E-state index in [9.17, 15) is 15.3 Å². The summed E-state index contributed by atoms with van der Waals surface area (Å²) in [4.78, 5) is 0. The van der Waals surface area contributed by atoms with Crippen LogP contribution in [0.5, 0.6) is 0 Å². The lowest BCUT2D eigenvalue weighted by molar-refractivity contribution is -0.0288. The van der Waals surface area contributed by atoms with Crippen LogP contribution in [-0.2, 0) is 0 Å². The maximum Gasteiger partial charge on any atom is 0.103 e. The number of aliphatic hydroxyl groups is 3. The zero-order valence-electron chi connectivity index (χ0n) is 18.8. The number of rotatable bonds is 19. The van der Waals surface area contributed by atoms with Crippen LogP contribution in [0.1, 0.15) is 115 Å². The lowest BCUT2D eigenvalue weighted by Crippen LogP contribution is -2.34. The van der Waals surface area contributed by atoms with Crippen molar-refractivity contribution >= 4 is 0 Å². The molecule has 0 amide bonds. The molecule has 0 aliphatic heterocycles. The van der Waals surface area contributed by atoms with Gasteiger partial charge in [0.1, 0.15) is 6.10 Å². The molecule has 0 saturated carbocycles. The van der Waals surface area contributed by atoms with Crippen molar-refractivity contribution in [3.63, 3.8) is 0 Å². The Labute approximate surface area is 179 Å². The summed E-state index contributed by atoms with van der Waals surface area (Å²) in [6.07, 6.45) is 17.5. The highest BCUT2D eigenvalue weighted by Gasteiger charge is 2.26. The third kappa shape index (κ3) is 12.4. The minimum atomic E-state index is -1.08. The van der Waals surface area contributed by atoms with Gasteiger partial charge in [0.25, 0.3) is 0 Å². The molecule has 3 heteroatoms. The lowest BCUT2D eigenvalue weighted by Gasteiger charge is -2.26. The van der Waals surface area contributed by atoms with E-state index in [0.29, 0.717) is 0 Å². The van der Waals surface area contributed by atoms with E-state index in [2.05, 4.69) is 6.92 Å². The number of unbranched alkanes of at least 4 members (excludes halogenated alkanes) is 13. The van der Waals surface area contributed by atoms with Crippen molar-refractivity contribution < 1.29 is 15.3 Å². The van der Waals surface area contributed by atoms with E-state index in [0.717, 1.165) is 18.4 Å². The summed E-state index contributed by atoms with van der Waals surface area (Å²) in [5.74, 6) is -0.115. The van der Waals surface area contributed by atoms with E-state index >= 15 is 0 Å². The standard InChI is InChI=1S/C26H46O3/c1-2-3-4-5-6-7-8-9-10-11-12-13-14-18-21-24(26(29)25(28)22-27)23-19-16-15-17-20-23/h15-17,19-20,24-29H,2-14,18,21-22H2,1H3. The molecule has 0 aromatic heterocycles. The van der Waals surface area contributed by atoms with Crippen molar-refractivity contribution in [2.45, 2.75) is 121 Å². The SMILES string of the molecule is CCCCCCCCCCCCCCCCC(c1ccccc1)C(O)C(O)CO. The fourth-order valence-electron chi connectivity index (χ4n) is 4.17. The quantitative estimate of drug-likeness (QED) is 0.234. The highest BCUT2D eigenvalue weighted by atomic mass is 16.4. The van der Waals surface area contributed by atoms with Crippen LogP contribution in [0, 0.1) is 0 Å². The van der Waals surface area contributed by atoms with E-state index in [1.54, 1.807) is 0 Å². The summed E-state index contributed by atoms with van der Waals surface area (Å²) in [6.45, 7) is 1.87. The molecule has 0 saturated heterocycles. The molecule has 29 heavy (non-hydrogen) atoms. The molecule has 1 aromatic rings. The van der Waals surface area contributed by atoms with Gasteiger partial charge in [-0.25, -0.2) is 0 Å². The van der Waals surface area contributed by atoms with E-state index in [4.69, 9.17) is 0 Å². The van der Waals surface area contributed by atoms with Gasteiger partial charge in [0, 0.05) is 5.92 Å². The molecule has 3 nitrogen and oxygen atoms in total. The Bertz CT molecular complexity index is 462. The molecule has 3 unspecified atom stereocenters. The van der Waals surface area contributed by atoms with Gasteiger partial charge < -0.3 is 15.3 Å². The van der Waals surface area contributed by atoms with Crippen LogP contribution >= 0.6 is 0 Å². The van der Waals surface area contributed by atoms with Crippen molar-refractivity contribution in [1.82, 2.24) is 0 Å². The van der Waals surface area contributed by atoms with Gasteiger partial charge in [0.05, 0.1) is 12.7 Å². The second-order valence-corrected chi connectivity index (χ2v) is 8.64. The molecular formula is C26H46O3. The monoisotopic (exact) mass is 406 g/mol. The first-order chi connectivity index (χ1) is 14.2. The van der Waals surface area contributed by atoms with Crippen LogP contribution in [0.25, 0.3) is 0 Å². The first-order valence-corrected chi connectivity index (χ1v) is 12.2. The summed E-state index contributed by atoms with van der Waals surface area (Å²) < 4.78 is 0. The van der Waals surface area contributed by atoms with E-state index in [1.165, 1.54) is 83.5 Å². The Morgan fingerprint density at radius 2 is 1.10 bits per heavy atom. The number of aliphatic hydroxyl groups excluding tert-OH is 3. The summed E-state index contributed by atoms with van der Waals surface area (Å²) in [7, 11) is 0. The molecule has 0 aliphatic rings. The maximum absolute atomic E-state index is 10.4. The maximum atomic E-state index is 10.4. The molecule has 3 atom stereocenters. The number of hydrogen-bond acceptors (Lipinski definition) is 3. The summed E-state index contributed by atoms with van der Waals surface area (Å²) >= 11 is 0. The Morgan fingerprint density at radius 1 is 0.655 bits per heavy atom. The first-order valence-electron chi connectivity index (χ1n) is 12.2. The summed E-state index contributed by atoms with van der Waals surface area (Å²) in [5.41, 5.74) is 1.04. The molecule has 3 N–H and O–H groups in total. The zero-order chi connectivity index (χ0) is 21.2. The average molecular weight is 407 g/mol. The predicted octanol–water partition coefficient (Wildman–Crippen LogP) is 6.36. The van der Waals surface area contributed by atoms with E-state index in [1.807, 2.05) is 30.3 Å². The Balaban J connectivity index is 2.09. The Hall–Kier alpha value is -0.900. The van der Waals surface area contributed by atoms with Crippen molar-refractivity contribution in [1.29, 1.82) is 0 Å². The molecule has 0 bridgehead atoms. The first kappa shape index (κ1) is 26.1. The summed E-state index contributed by atoms with van der Waals surface area (Å²) in [6, 6.07) is 9.89. The van der Waals surface area contributed by atoms with Gasteiger partial charge >= 0.3 is 0 Å².